The predicted octanol–water partition coefficient (Wildman–Crippen LogP) is 16.6. The Morgan fingerprint density at radius 3 is 1.24 bits per heavy atom. The van der Waals surface area contributed by atoms with Crippen LogP contribution in [0.25, 0.3) is 83.1 Å². The molecule has 0 saturated heterocycles. The van der Waals surface area contributed by atoms with Crippen molar-refractivity contribution in [2.45, 2.75) is 0 Å². The van der Waals surface area contributed by atoms with Gasteiger partial charge in [-0.1, -0.05) is 194 Å². The summed E-state index contributed by atoms with van der Waals surface area (Å²) in [6.07, 6.45) is 0. The van der Waals surface area contributed by atoms with Gasteiger partial charge in [0, 0.05) is 33.3 Å². The van der Waals surface area contributed by atoms with Gasteiger partial charge in [-0.3, -0.25) is 0 Å². The van der Waals surface area contributed by atoms with Crippen LogP contribution in [0.1, 0.15) is 21.9 Å². The third-order valence-electron chi connectivity index (χ3n) is 10.8. The maximum atomic E-state index is 9.97. The van der Waals surface area contributed by atoms with E-state index in [1.807, 2.05) is 140 Å². The van der Waals surface area contributed by atoms with Gasteiger partial charge < -0.3 is 9.47 Å². The average Bonchev–Trinajstić information content (AvgIpc) is 3.92. The number of nitrogens with zero attached hydrogens (tertiary/aromatic N) is 2. The van der Waals surface area contributed by atoms with Gasteiger partial charge in [0.05, 0.1) is 44.3 Å². The molecule has 0 spiro atoms. The number of hydrogen-bond acceptors (Lipinski definition) is 1. The van der Waals surface area contributed by atoms with Gasteiger partial charge in [0.2, 0.25) is 0 Å². The van der Waals surface area contributed by atoms with E-state index in [1.54, 1.807) is 18.2 Å². The Kier molecular flexibility index (Phi) is 6.12. The highest BCUT2D eigenvalue weighted by Crippen LogP contribution is 2.45. The number of rotatable bonds is 9. The highest BCUT2D eigenvalue weighted by atomic mass is 15.1. The lowest BCUT2D eigenvalue weighted by atomic mass is 9.98. The molecular weight excluding hydrogens is 749 g/mol. The molecule has 2 heteroatoms. The summed E-state index contributed by atoms with van der Waals surface area (Å²) < 4.78 is 146. The lowest BCUT2D eigenvalue weighted by molar-refractivity contribution is 1.18. The van der Waals surface area contributed by atoms with Crippen molar-refractivity contribution in [1.82, 2.24) is 4.57 Å². The minimum Gasteiger partial charge on any atom is -0.310 e. The van der Waals surface area contributed by atoms with Crippen LogP contribution in [0.15, 0.2) is 254 Å². The van der Waals surface area contributed by atoms with Gasteiger partial charge in [0.1, 0.15) is 0 Å². The van der Waals surface area contributed by atoms with E-state index in [0.717, 1.165) is 33.6 Å². The number of para-hydroxylation sites is 2. The zero-order valence-electron chi connectivity index (χ0n) is 48.9. The van der Waals surface area contributed by atoms with Crippen molar-refractivity contribution in [3.8, 4) is 61.3 Å². The molecule has 0 unspecified atom stereocenters. The third-order valence-corrected chi connectivity index (χ3v) is 10.8. The fourth-order valence-corrected chi connectivity index (χ4v) is 7.94. The van der Waals surface area contributed by atoms with Crippen LogP contribution in [0, 0.1) is 0 Å². The fourth-order valence-electron chi connectivity index (χ4n) is 7.94. The van der Waals surface area contributed by atoms with Gasteiger partial charge in [0.15, 0.2) is 0 Å². The van der Waals surface area contributed by atoms with Crippen molar-refractivity contribution in [3.63, 3.8) is 0 Å². The molecule has 11 aromatic rings. The molecule has 62 heavy (non-hydrogen) atoms. The van der Waals surface area contributed by atoms with Crippen molar-refractivity contribution < 1.29 is 21.9 Å². The summed E-state index contributed by atoms with van der Waals surface area (Å²) in [5.74, 6) is 0. The SMILES string of the molecule is [2H]c1c([2H])c([2H])c(-c2c([2H])c([2H])c3c(c2[2H])c2c([2H])c(-c4c([2H])c([2H])c([2H])c([2H])c4[2H])c([2H])c([2H])c2n3-c2ccccc2-c2ccccc2N(c2ccc(-c3ccccc3)cc2)c2ccc(-c3ccccc3)cc2)c([2H])c1[2H]. The number of anilines is 3. The van der Waals surface area contributed by atoms with E-state index >= 15 is 0 Å². The van der Waals surface area contributed by atoms with E-state index in [1.165, 1.54) is 4.57 Å². The minimum absolute atomic E-state index is 0.203. The molecule has 0 N–H and O–H groups in total. The van der Waals surface area contributed by atoms with E-state index in [9.17, 15) is 8.22 Å². The normalized spacial score (nSPS) is 14.8. The number of hydrogen-bond donors (Lipinski definition) is 0. The zero-order chi connectivity index (χ0) is 55.2. The van der Waals surface area contributed by atoms with E-state index in [4.69, 9.17) is 13.7 Å². The maximum absolute atomic E-state index is 9.97. The second kappa shape index (κ2) is 16.1. The second-order valence-electron chi connectivity index (χ2n) is 14.5. The Balaban J connectivity index is 1.23. The molecule has 2 nitrogen and oxygen atoms in total. The Labute approximate surface area is 385 Å². The van der Waals surface area contributed by atoms with Crippen LogP contribution in [0.5, 0.6) is 0 Å². The molecule has 0 radical (unpaired) electrons. The first-order chi connectivity index (χ1) is 37.4. The number of benzene rings is 10. The predicted molar refractivity (Wildman–Crippen MR) is 263 cm³/mol. The maximum Gasteiger partial charge on any atom is 0.0645 e. The van der Waals surface area contributed by atoms with Crippen LogP contribution in [0.4, 0.5) is 17.1 Å². The van der Waals surface area contributed by atoms with Crippen molar-refractivity contribution in [1.29, 1.82) is 0 Å². The van der Waals surface area contributed by atoms with Crippen LogP contribution in [-0.2, 0) is 0 Å². The average molecular weight is 807 g/mol. The Morgan fingerprint density at radius 2 is 0.742 bits per heavy atom. The second-order valence-corrected chi connectivity index (χ2v) is 14.5. The molecule has 0 amide bonds. The smallest absolute Gasteiger partial charge is 0.0645 e. The van der Waals surface area contributed by atoms with Gasteiger partial charge >= 0.3 is 0 Å². The summed E-state index contributed by atoms with van der Waals surface area (Å²) in [7, 11) is 0. The standard InChI is InChI=1S/C60H42N2/c1-5-17-43(18-6-1)47-29-35-51(36-30-47)61(52-37-31-48(32-38-52)44-19-7-2-8-20-44)57-27-15-13-25-53(57)54-26-14-16-28-58(54)62-59-39-33-49(45-21-9-3-10-22-45)41-55(59)56-42-50(34-40-60(56)62)46-23-11-4-12-24-46/h1-42H/i3D,4D,9D,10D,11D,12D,21D,22D,23D,24D,33D,34D,39D,40D,41D,42D. The van der Waals surface area contributed by atoms with Crippen LogP contribution in [0.2, 0.25) is 0 Å². The van der Waals surface area contributed by atoms with Crippen LogP contribution < -0.4 is 4.90 Å². The lowest BCUT2D eigenvalue weighted by Gasteiger charge is -2.29. The summed E-state index contributed by atoms with van der Waals surface area (Å²) in [6.45, 7) is 0. The molecule has 1 heterocycles. The first kappa shape index (κ1) is 23.6. The third kappa shape index (κ3) is 6.84. The molecule has 0 bridgehead atoms. The van der Waals surface area contributed by atoms with E-state index < -0.39 is 119 Å². The molecular formula is C60H42N2. The van der Waals surface area contributed by atoms with E-state index in [2.05, 4.69) is 4.90 Å². The summed E-state index contributed by atoms with van der Waals surface area (Å²) in [5, 5.41) is -0.552. The highest BCUT2D eigenvalue weighted by Gasteiger charge is 2.22. The molecule has 0 saturated carbocycles. The summed E-state index contributed by atoms with van der Waals surface area (Å²) in [4.78, 5) is 2.10. The topological polar surface area (TPSA) is 8.17 Å². The van der Waals surface area contributed by atoms with Gasteiger partial charge in [-0.05, 0) is 105 Å². The molecule has 10 aromatic carbocycles. The molecule has 0 aliphatic heterocycles. The Bertz CT molecular complexity index is 3970. The molecule has 0 aliphatic carbocycles. The number of aromatic nitrogens is 1. The van der Waals surface area contributed by atoms with Crippen molar-refractivity contribution in [3.05, 3.63) is 254 Å². The largest absolute Gasteiger partial charge is 0.310 e. The first-order valence-electron chi connectivity index (χ1n) is 28.0. The summed E-state index contributed by atoms with van der Waals surface area (Å²) in [6, 6.07) is 39.5. The van der Waals surface area contributed by atoms with Crippen molar-refractivity contribution >= 4 is 38.9 Å². The quantitative estimate of drug-likeness (QED) is 0.141. The van der Waals surface area contributed by atoms with E-state index in [0.29, 0.717) is 16.8 Å². The molecule has 0 aliphatic rings. The molecule has 11 rings (SSSR count). The van der Waals surface area contributed by atoms with Gasteiger partial charge in [0.25, 0.3) is 0 Å². The molecule has 1 aromatic heterocycles. The van der Waals surface area contributed by atoms with Crippen molar-refractivity contribution in [2.75, 3.05) is 4.90 Å². The molecule has 0 fully saturated rings. The highest BCUT2D eigenvalue weighted by molar-refractivity contribution is 6.12. The van der Waals surface area contributed by atoms with Crippen molar-refractivity contribution in [2.24, 2.45) is 0 Å². The van der Waals surface area contributed by atoms with Crippen LogP contribution in [-0.4, -0.2) is 4.57 Å². The molecule has 292 valence electrons. The lowest BCUT2D eigenvalue weighted by Crippen LogP contribution is -2.11. The molecule has 0 atom stereocenters. The fraction of sp³-hybridized carbons (Fsp3) is 0. The van der Waals surface area contributed by atoms with E-state index in [-0.39, 0.29) is 27.5 Å². The van der Waals surface area contributed by atoms with Crippen LogP contribution in [0.3, 0.4) is 0 Å². The zero-order valence-corrected chi connectivity index (χ0v) is 32.9. The Morgan fingerprint density at radius 1 is 0.323 bits per heavy atom. The van der Waals surface area contributed by atoms with Gasteiger partial charge in [-0.2, -0.15) is 0 Å². The Hall–Kier alpha value is -8.20. The summed E-state index contributed by atoms with van der Waals surface area (Å²) >= 11 is 0. The first-order valence-corrected chi connectivity index (χ1v) is 20.0. The van der Waals surface area contributed by atoms with Crippen LogP contribution >= 0.6 is 0 Å². The van der Waals surface area contributed by atoms with Gasteiger partial charge in [-0.15, -0.1) is 0 Å². The monoisotopic (exact) mass is 806 g/mol. The summed E-state index contributed by atoms with van der Waals surface area (Å²) in [5.41, 5.74) is 5.17. The number of fused-ring (bicyclic) bond motifs is 3. The minimum atomic E-state index is -0.753. The van der Waals surface area contributed by atoms with Gasteiger partial charge in [-0.25, -0.2) is 0 Å².